The first kappa shape index (κ1) is 16.4. The molecule has 0 radical (unpaired) electrons. The summed E-state index contributed by atoms with van der Waals surface area (Å²) in [5, 5.41) is 2.52. The number of nitrogens with one attached hydrogen (secondary N) is 2. The zero-order chi connectivity index (χ0) is 17.8. The van der Waals surface area contributed by atoms with Crippen molar-refractivity contribution in [2.75, 3.05) is 0 Å². The molecule has 7 nitrogen and oxygen atoms in total. The van der Waals surface area contributed by atoms with Crippen LogP contribution in [-0.2, 0) is 13.1 Å². The number of hydrogen-bond donors (Lipinski definition) is 2. The van der Waals surface area contributed by atoms with Crippen LogP contribution in [0.5, 0.6) is 0 Å². The van der Waals surface area contributed by atoms with E-state index in [-0.39, 0.29) is 24.2 Å². The summed E-state index contributed by atoms with van der Waals surface area (Å²) >= 11 is 0. The molecule has 2 heterocycles. The third-order valence-corrected chi connectivity index (χ3v) is 3.59. The Kier molecular flexibility index (Phi) is 4.60. The molecule has 3 rings (SSSR count). The number of halogens is 1. The molecule has 25 heavy (non-hydrogen) atoms. The van der Waals surface area contributed by atoms with Crippen LogP contribution in [0.15, 0.2) is 62.9 Å². The third kappa shape index (κ3) is 3.57. The molecular formula is C17H14FN3O4. The molecule has 128 valence electrons. The van der Waals surface area contributed by atoms with E-state index in [9.17, 15) is 18.8 Å². The van der Waals surface area contributed by atoms with E-state index in [0.717, 1.165) is 10.8 Å². The van der Waals surface area contributed by atoms with Gasteiger partial charge >= 0.3 is 5.69 Å². The fourth-order valence-electron chi connectivity index (χ4n) is 2.29. The van der Waals surface area contributed by atoms with Crippen molar-refractivity contribution in [2.24, 2.45) is 0 Å². The van der Waals surface area contributed by atoms with Crippen LogP contribution in [0.25, 0.3) is 0 Å². The van der Waals surface area contributed by atoms with Gasteiger partial charge in [-0.1, -0.05) is 18.2 Å². The number of aromatic amines is 1. The number of furan rings is 1. The van der Waals surface area contributed by atoms with Gasteiger partial charge in [-0.25, -0.2) is 9.18 Å². The maximum absolute atomic E-state index is 13.8. The van der Waals surface area contributed by atoms with Gasteiger partial charge in [0.1, 0.15) is 17.1 Å². The first-order chi connectivity index (χ1) is 12.1. The SMILES string of the molecule is O=C(NCc1ccco1)c1c[nH]c(=O)n(Cc2ccccc2F)c1=O. The highest BCUT2D eigenvalue weighted by atomic mass is 19.1. The van der Waals surface area contributed by atoms with Crippen molar-refractivity contribution < 1.29 is 13.6 Å². The molecule has 0 aliphatic rings. The maximum Gasteiger partial charge on any atom is 0.328 e. The van der Waals surface area contributed by atoms with Gasteiger partial charge < -0.3 is 14.7 Å². The summed E-state index contributed by atoms with van der Waals surface area (Å²) in [6, 6.07) is 9.13. The van der Waals surface area contributed by atoms with Gasteiger partial charge in [-0.05, 0) is 18.2 Å². The molecule has 2 N–H and O–H groups in total. The van der Waals surface area contributed by atoms with E-state index in [1.54, 1.807) is 18.2 Å². The van der Waals surface area contributed by atoms with Crippen molar-refractivity contribution in [3.8, 4) is 0 Å². The lowest BCUT2D eigenvalue weighted by Crippen LogP contribution is -2.40. The normalized spacial score (nSPS) is 10.6. The van der Waals surface area contributed by atoms with Crippen LogP contribution in [-0.4, -0.2) is 15.5 Å². The van der Waals surface area contributed by atoms with Crippen molar-refractivity contribution in [2.45, 2.75) is 13.1 Å². The Morgan fingerprint density at radius 2 is 2.00 bits per heavy atom. The molecule has 0 unspecified atom stereocenters. The predicted molar refractivity (Wildman–Crippen MR) is 86.7 cm³/mol. The first-order valence-electron chi connectivity index (χ1n) is 7.43. The molecule has 1 amide bonds. The van der Waals surface area contributed by atoms with Crippen molar-refractivity contribution in [3.63, 3.8) is 0 Å². The predicted octanol–water partition coefficient (Wildman–Crippen LogP) is 1.25. The van der Waals surface area contributed by atoms with Crippen molar-refractivity contribution >= 4 is 5.91 Å². The first-order valence-corrected chi connectivity index (χ1v) is 7.43. The van der Waals surface area contributed by atoms with Gasteiger partial charge in [0.25, 0.3) is 11.5 Å². The van der Waals surface area contributed by atoms with Crippen LogP contribution in [0.4, 0.5) is 4.39 Å². The minimum Gasteiger partial charge on any atom is -0.467 e. The number of H-pyrrole nitrogens is 1. The highest BCUT2D eigenvalue weighted by Gasteiger charge is 2.16. The second kappa shape index (κ2) is 7.00. The molecule has 0 saturated carbocycles. The smallest absolute Gasteiger partial charge is 0.328 e. The van der Waals surface area contributed by atoms with E-state index in [4.69, 9.17) is 4.42 Å². The Morgan fingerprint density at radius 3 is 2.72 bits per heavy atom. The Balaban J connectivity index is 1.87. The van der Waals surface area contributed by atoms with Crippen LogP contribution >= 0.6 is 0 Å². The molecule has 0 fully saturated rings. The molecule has 8 heteroatoms. The quantitative estimate of drug-likeness (QED) is 0.728. The van der Waals surface area contributed by atoms with Gasteiger partial charge in [-0.15, -0.1) is 0 Å². The van der Waals surface area contributed by atoms with Gasteiger partial charge in [-0.3, -0.25) is 14.2 Å². The Bertz CT molecular complexity index is 1010. The van der Waals surface area contributed by atoms with Gasteiger partial charge in [0.15, 0.2) is 0 Å². The molecule has 2 aromatic heterocycles. The van der Waals surface area contributed by atoms with Crippen molar-refractivity contribution in [3.05, 3.63) is 92.4 Å². The zero-order valence-electron chi connectivity index (χ0n) is 13.0. The summed E-state index contributed by atoms with van der Waals surface area (Å²) in [7, 11) is 0. The van der Waals surface area contributed by atoms with E-state index in [1.165, 1.54) is 24.5 Å². The third-order valence-electron chi connectivity index (χ3n) is 3.59. The lowest BCUT2D eigenvalue weighted by Gasteiger charge is -2.08. The van der Waals surface area contributed by atoms with E-state index >= 15 is 0 Å². The number of carbonyl (C=O) groups excluding carboxylic acids is 1. The van der Waals surface area contributed by atoms with E-state index < -0.39 is 23.0 Å². The van der Waals surface area contributed by atoms with Gasteiger partial charge in [0.05, 0.1) is 19.4 Å². The molecule has 0 atom stereocenters. The second-order valence-electron chi connectivity index (χ2n) is 5.25. The number of rotatable bonds is 5. The molecule has 0 bridgehead atoms. The summed E-state index contributed by atoms with van der Waals surface area (Å²) in [6.07, 6.45) is 2.50. The minimum atomic E-state index is -0.802. The summed E-state index contributed by atoms with van der Waals surface area (Å²) in [4.78, 5) is 38.9. The number of hydrogen-bond acceptors (Lipinski definition) is 4. The van der Waals surface area contributed by atoms with Crippen LogP contribution in [0.3, 0.4) is 0 Å². The topological polar surface area (TPSA) is 97.1 Å². The number of nitrogens with zero attached hydrogens (tertiary/aromatic N) is 1. The van der Waals surface area contributed by atoms with Crippen LogP contribution in [0.1, 0.15) is 21.7 Å². The van der Waals surface area contributed by atoms with Crippen molar-refractivity contribution in [1.29, 1.82) is 0 Å². The fraction of sp³-hybridized carbons (Fsp3) is 0.118. The molecule has 0 saturated heterocycles. The second-order valence-corrected chi connectivity index (χ2v) is 5.25. The van der Waals surface area contributed by atoms with Crippen LogP contribution in [0, 0.1) is 5.82 Å². The Hall–Kier alpha value is -3.42. The Morgan fingerprint density at radius 1 is 1.20 bits per heavy atom. The molecule has 0 aliphatic heterocycles. The molecular weight excluding hydrogens is 329 g/mol. The number of benzene rings is 1. The Labute approximate surface area is 140 Å². The summed E-state index contributed by atoms with van der Waals surface area (Å²) in [5.41, 5.74) is -1.61. The summed E-state index contributed by atoms with van der Waals surface area (Å²) in [5.74, 6) is -0.689. The number of aromatic nitrogens is 2. The molecule has 0 aliphatic carbocycles. The fourth-order valence-corrected chi connectivity index (χ4v) is 2.29. The zero-order valence-corrected chi connectivity index (χ0v) is 13.0. The molecule has 3 aromatic rings. The number of amides is 1. The highest BCUT2D eigenvalue weighted by molar-refractivity contribution is 5.93. The average Bonchev–Trinajstić information content (AvgIpc) is 3.11. The monoisotopic (exact) mass is 343 g/mol. The van der Waals surface area contributed by atoms with Gasteiger partial charge in [-0.2, -0.15) is 0 Å². The van der Waals surface area contributed by atoms with Crippen LogP contribution < -0.4 is 16.6 Å². The van der Waals surface area contributed by atoms with Crippen molar-refractivity contribution in [1.82, 2.24) is 14.9 Å². The van der Waals surface area contributed by atoms with Gasteiger partial charge in [0, 0.05) is 11.8 Å². The standard InChI is InChI=1S/C17H14FN3O4/c18-14-6-2-1-4-11(14)10-21-16(23)13(9-20-17(21)24)15(22)19-8-12-5-3-7-25-12/h1-7,9H,8,10H2,(H,19,22)(H,20,24). The molecule has 1 aromatic carbocycles. The lowest BCUT2D eigenvalue weighted by atomic mass is 10.2. The molecule has 0 spiro atoms. The average molecular weight is 343 g/mol. The summed E-state index contributed by atoms with van der Waals surface area (Å²) in [6.45, 7) is -0.183. The minimum absolute atomic E-state index is 0.0950. The number of carbonyl (C=O) groups is 1. The highest BCUT2D eigenvalue weighted by Crippen LogP contribution is 2.06. The lowest BCUT2D eigenvalue weighted by molar-refractivity contribution is 0.0945. The maximum atomic E-state index is 13.8. The van der Waals surface area contributed by atoms with E-state index in [0.29, 0.717) is 5.76 Å². The van der Waals surface area contributed by atoms with E-state index in [1.807, 2.05) is 0 Å². The summed E-state index contributed by atoms with van der Waals surface area (Å²) < 4.78 is 19.6. The van der Waals surface area contributed by atoms with E-state index in [2.05, 4.69) is 10.3 Å². The largest absolute Gasteiger partial charge is 0.467 e. The van der Waals surface area contributed by atoms with Crippen LogP contribution in [0.2, 0.25) is 0 Å². The van der Waals surface area contributed by atoms with Gasteiger partial charge in [0.2, 0.25) is 0 Å².